The monoisotopic (exact) mass is 484 g/mol. The molecular weight excluding hydrogens is 444 g/mol. The van der Waals surface area contributed by atoms with Gasteiger partial charge < -0.3 is 24.8 Å². The van der Waals surface area contributed by atoms with Gasteiger partial charge in [0.15, 0.2) is 5.78 Å². The van der Waals surface area contributed by atoms with Crippen LogP contribution in [0.1, 0.15) is 50.4 Å². The Balaban J connectivity index is 1.50. The summed E-state index contributed by atoms with van der Waals surface area (Å²) in [4.78, 5) is 46.0. The van der Waals surface area contributed by atoms with Crippen LogP contribution in [-0.4, -0.2) is 92.0 Å². The van der Waals surface area contributed by atoms with E-state index in [9.17, 15) is 14.4 Å². The first-order valence-electron chi connectivity index (χ1n) is 13.1. The molecule has 0 radical (unpaired) electrons. The number of nitrogens with zero attached hydrogens (tertiary/aromatic N) is 3. The number of likely N-dealkylation sites (tertiary alicyclic amines) is 1. The van der Waals surface area contributed by atoms with Crippen molar-refractivity contribution in [2.75, 3.05) is 51.3 Å². The second-order valence-electron chi connectivity index (χ2n) is 10.4. The standard InChI is InChI=1S/C27H40N4O4/c1-5-8-20-16-31(24-22(32)17-35-25(20)24)27(34)23(18(3)6-2)28-26(33)19-9-7-10-21(15-19)30-13-11-29(4)12-14-30/h7,9-10,15,18,20,23-25H,5-6,8,11-14,16-17H2,1-4H3,(H,28,33)/t18-,20-,23-,24+,25+/m0/s1. The summed E-state index contributed by atoms with van der Waals surface area (Å²) in [6.07, 6.45) is 2.41. The van der Waals surface area contributed by atoms with Crippen molar-refractivity contribution in [3.63, 3.8) is 0 Å². The second-order valence-corrected chi connectivity index (χ2v) is 10.4. The molecular formula is C27H40N4O4. The van der Waals surface area contributed by atoms with Gasteiger partial charge in [0, 0.05) is 49.9 Å². The molecule has 0 saturated carbocycles. The van der Waals surface area contributed by atoms with Crippen LogP contribution < -0.4 is 10.2 Å². The average molecular weight is 485 g/mol. The van der Waals surface area contributed by atoms with Crippen molar-refractivity contribution in [1.29, 1.82) is 0 Å². The van der Waals surface area contributed by atoms with E-state index in [1.807, 2.05) is 32.0 Å². The van der Waals surface area contributed by atoms with Gasteiger partial charge in [0.1, 0.15) is 18.7 Å². The van der Waals surface area contributed by atoms with Crippen molar-refractivity contribution in [1.82, 2.24) is 15.1 Å². The van der Waals surface area contributed by atoms with E-state index in [0.717, 1.165) is 51.1 Å². The molecule has 35 heavy (non-hydrogen) atoms. The molecule has 3 fully saturated rings. The number of carbonyl (C=O) groups excluding carboxylic acids is 3. The largest absolute Gasteiger partial charge is 0.369 e. The molecule has 3 saturated heterocycles. The van der Waals surface area contributed by atoms with E-state index in [1.165, 1.54) is 0 Å². The number of anilines is 1. The highest BCUT2D eigenvalue weighted by atomic mass is 16.5. The first-order chi connectivity index (χ1) is 16.8. The molecule has 5 atom stereocenters. The fraction of sp³-hybridized carbons (Fsp3) is 0.667. The third-order valence-corrected chi connectivity index (χ3v) is 7.98. The smallest absolute Gasteiger partial charge is 0.252 e. The van der Waals surface area contributed by atoms with E-state index >= 15 is 0 Å². The van der Waals surface area contributed by atoms with Gasteiger partial charge in [0.2, 0.25) is 5.91 Å². The number of likely N-dealkylation sites (N-methyl/N-ethyl adjacent to an activating group) is 1. The fourth-order valence-electron chi connectivity index (χ4n) is 5.60. The van der Waals surface area contributed by atoms with Crippen molar-refractivity contribution >= 4 is 23.3 Å². The van der Waals surface area contributed by atoms with Crippen molar-refractivity contribution in [3.05, 3.63) is 29.8 Å². The lowest BCUT2D eigenvalue weighted by atomic mass is 9.96. The Bertz CT molecular complexity index is 930. The first-order valence-corrected chi connectivity index (χ1v) is 13.1. The van der Waals surface area contributed by atoms with Crippen molar-refractivity contribution in [2.45, 2.75) is 58.2 Å². The molecule has 192 valence electrons. The molecule has 2 amide bonds. The maximum Gasteiger partial charge on any atom is 0.252 e. The lowest BCUT2D eigenvalue weighted by molar-refractivity contribution is -0.139. The minimum Gasteiger partial charge on any atom is -0.369 e. The van der Waals surface area contributed by atoms with Gasteiger partial charge in [-0.25, -0.2) is 0 Å². The fourth-order valence-corrected chi connectivity index (χ4v) is 5.60. The zero-order valence-electron chi connectivity index (χ0n) is 21.5. The predicted molar refractivity (Wildman–Crippen MR) is 136 cm³/mol. The van der Waals surface area contributed by atoms with Gasteiger partial charge in [-0.2, -0.15) is 0 Å². The Morgan fingerprint density at radius 3 is 2.60 bits per heavy atom. The quantitative estimate of drug-likeness (QED) is 0.609. The zero-order chi connectivity index (χ0) is 25.1. The molecule has 0 spiro atoms. The number of hydrogen-bond acceptors (Lipinski definition) is 6. The number of fused-ring (bicyclic) bond motifs is 1. The van der Waals surface area contributed by atoms with E-state index in [1.54, 1.807) is 11.0 Å². The lowest BCUT2D eigenvalue weighted by Gasteiger charge is -2.34. The van der Waals surface area contributed by atoms with Gasteiger partial charge >= 0.3 is 0 Å². The third-order valence-electron chi connectivity index (χ3n) is 7.98. The van der Waals surface area contributed by atoms with E-state index < -0.39 is 12.1 Å². The SMILES string of the molecule is CCC[C@H]1CN(C(=O)[C@@H](NC(=O)c2cccc(N3CCN(C)CC3)c2)[C@@H](C)CC)[C@@H]2C(=O)CO[C@H]12. The van der Waals surface area contributed by atoms with Gasteiger partial charge in [-0.1, -0.05) is 39.7 Å². The number of carbonyl (C=O) groups is 3. The zero-order valence-corrected chi connectivity index (χ0v) is 21.5. The van der Waals surface area contributed by atoms with Crippen LogP contribution in [-0.2, 0) is 14.3 Å². The van der Waals surface area contributed by atoms with Crippen LogP contribution in [0, 0.1) is 11.8 Å². The normalized spacial score (nSPS) is 26.5. The molecule has 8 heteroatoms. The number of benzene rings is 1. The summed E-state index contributed by atoms with van der Waals surface area (Å²) in [7, 11) is 2.12. The highest BCUT2D eigenvalue weighted by Gasteiger charge is 2.52. The molecule has 3 aliphatic heterocycles. The Labute approximate surface area is 209 Å². The van der Waals surface area contributed by atoms with E-state index in [4.69, 9.17) is 4.74 Å². The number of piperazine rings is 1. The lowest BCUT2D eigenvalue weighted by Crippen LogP contribution is -2.54. The molecule has 1 N–H and O–H groups in total. The number of rotatable bonds is 8. The predicted octanol–water partition coefficient (Wildman–Crippen LogP) is 2.18. The van der Waals surface area contributed by atoms with Crippen LogP contribution >= 0.6 is 0 Å². The summed E-state index contributed by atoms with van der Waals surface area (Å²) in [5.41, 5.74) is 1.57. The van der Waals surface area contributed by atoms with Crippen LogP contribution in [0.5, 0.6) is 0 Å². The van der Waals surface area contributed by atoms with Crippen molar-refractivity contribution in [2.24, 2.45) is 11.8 Å². The Kier molecular flexibility index (Phi) is 8.12. The van der Waals surface area contributed by atoms with Crippen LogP contribution in [0.3, 0.4) is 0 Å². The second kappa shape index (κ2) is 11.1. The highest BCUT2D eigenvalue weighted by Crippen LogP contribution is 2.35. The Hall–Kier alpha value is -2.45. The summed E-state index contributed by atoms with van der Waals surface area (Å²) in [5, 5.41) is 3.03. The number of ether oxygens (including phenoxy) is 1. The summed E-state index contributed by atoms with van der Waals surface area (Å²) < 4.78 is 5.79. The average Bonchev–Trinajstić information content (AvgIpc) is 3.43. The van der Waals surface area contributed by atoms with Gasteiger partial charge in [0.05, 0.1) is 6.10 Å². The maximum absolute atomic E-state index is 13.8. The van der Waals surface area contributed by atoms with Gasteiger partial charge in [-0.15, -0.1) is 0 Å². The van der Waals surface area contributed by atoms with Crippen molar-refractivity contribution < 1.29 is 19.1 Å². The minimum absolute atomic E-state index is 0.0314. The molecule has 0 unspecified atom stereocenters. The molecule has 1 aromatic rings. The van der Waals surface area contributed by atoms with Crippen LogP contribution in [0.15, 0.2) is 24.3 Å². The summed E-state index contributed by atoms with van der Waals surface area (Å²) in [6.45, 7) is 10.5. The molecule has 0 aromatic heterocycles. The number of nitrogens with one attached hydrogen (secondary N) is 1. The van der Waals surface area contributed by atoms with Gasteiger partial charge in [-0.05, 0) is 37.6 Å². The molecule has 1 aromatic carbocycles. The van der Waals surface area contributed by atoms with E-state index in [-0.39, 0.29) is 42.1 Å². The van der Waals surface area contributed by atoms with Crippen LogP contribution in [0.2, 0.25) is 0 Å². The van der Waals surface area contributed by atoms with E-state index in [0.29, 0.717) is 12.1 Å². The Morgan fingerprint density at radius 1 is 1.17 bits per heavy atom. The maximum atomic E-state index is 13.8. The van der Waals surface area contributed by atoms with Crippen LogP contribution in [0.4, 0.5) is 5.69 Å². The topological polar surface area (TPSA) is 82.2 Å². The van der Waals surface area contributed by atoms with Crippen molar-refractivity contribution in [3.8, 4) is 0 Å². The van der Waals surface area contributed by atoms with Gasteiger partial charge in [0.25, 0.3) is 5.91 Å². The highest BCUT2D eigenvalue weighted by molar-refractivity contribution is 6.00. The number of hydrogen-bond donors (Lipinski definition) is 1. The first kappa shape index (κ1) is 25.6. The molecule has 0 bridgehead atoms. The molecule has 3 heterocycles. The molecule has 3 aliphatic rings. The molecule has 0 aliphatic carbocycles. The minimum atomic E-state index is -0.686. The van der Waals surface area contributed by atoms with Gasteiger partial charge in [-0.3, -0.25) is 14.4 Å². The molecule has 4 rings (SSSR count). The summed E-state index contributed by atoms with van der Waals surface area (Å²) in [6, 6.07) is 6.43. The third kappa shape index (κ3) is 5.38. The number of Topliss-reactive ketones (excluding diaryl/α,β-unsaturated/α-hetero) is 1. The number of amides is 2. The van der Waals surface area contributed by atoms with E-state index in [2.05, 4.69) is 29.1 Å². The number of ketones is 1. The Morgan fingerprint density at radius 2 is 1.91 bits per heavy atom. The molecule has 8 nitrogen and oxygen atoms in total. The summed E-state index contributed by atoms with van der Waals surface area (Å²) >= 11 is 0. The summed E-state index contributed by atoms with van der Waals surface area (Å²) in [5.74, 6) is -0.358. The van der Waals surface area contributed by atoms with Crippen LogP contribution in [0.25, 0.3) is 0 Å².